The summed E-state index contributed by atoms with van der Waals surface area (Å²) in [6.07, 6.45) is 4.12. The molecule has 1 aliphatic rings. The van der Waals surface area contributed by atoms with E-state index >= 15 is 0 Å². The second-order valence-electron chi connectivity index (χ2n) is 5.65. The van der Waals surface area contributed by atoms with Gasteiger partial charge in [-0.1, -0.05) is 34.9 Å². The minimum Gasteiger partial charge on any atom is -0.372 e. The molecule has 0 amide bonds. The fourth-order valence-corrected chi connectivity index (χ4v) is 3.14. The molecule has 3 rings (SSSR count). The Morgan fingerprint density at radius 2 is 1.52 bits per heavy atom. The first kappa shape index (κ1) is 17.5. The Bertz CT molecular complexity index is 708. The van der Waals surface area contributed by atoms with Crippen LogP contribution in [-0.2, 0) is 14.7 Å². The lowest BCUT2D eigenvalue weighted by molar-refractivity contribution is 0.414. The number of piperidine rings is 1. The Morgan fingerprint density at radius 1 is 0.870 bits per heavy atom. The molecule has 0 aromatic heterocycles. The molecule has 2 aromatic rings. The van der Waals surface area contributed by atoms with Crippen LogP contribution >= 0.6 is 0 Å². The predicted octanol–water partition coefficient (Wildman–Crippen LogP) is 3.79. The molecule has 2 aromatic carbocycles. The van der Waals surface area contributed by atoms with Crippen molar-refractivity contribution in [3.63, 3.8) is 0 Å². The molecule has 1 radical (unpaired) electrons. The molecule has 0 saturated carbocycles. The van der Waals surface area contributed by atoms with Crippen LogP contribution in [0, 0.1) is 6.92 Å². The van der Waals surface area contributed by atoms with E-state index in [4.69, 9.17) is 0 Å². The van der Waals surface area contributed by atoms with Crippen LogP contribution in [0.25, 0.3) is 0 Å². The van der Waals surface area contributed by atoms with Gasteiger partial charge in [-0.15, -0.1) is 0 Å². The summed E-state index contributed by atoms with van der Waals surface area (Å²) in [4.78, 5) is 2.31. The van der Waals surface area contributed by atoms with Gasteiger partial charge in [0.1, 0.15) is 0 Å². The third-order valence-electron chi connectivity index (χ3n) is 3.76. The third-order valence-corrected chi connectivity index (χ3v) is 4.59. The van der Waals surface area contributed by atoms with E-state index in [0.717, 1.165) is 5.56 Å². The van der Waals surface area contributed by atoms with Gasteiger partial charge in [-0.3, -0.25) is 0 Å². The smallest absolute Gasteiger partial charge is 0.324 e. The number of anilines is 1. The molecule has 0 spiro atoms. The topological polar surface area (TPSA) is 57.3 Å². The van der Waals surface area contributed by atoms with Crippen molar-refractivity contribution in [1.29, 1.82) is 0 Å². The summed E-state index contributed by atoms with van der Waals surface area (Å²) in [7, 11) is -4.28. The van der Waals surface area contributed by atoms with Gasteiger partial charge in [0.2, 0.25) is 0 Å². The van der Waals surface area contributed by atoms with Gasteiger partial charge in [-0.25, -0.2) is 0 Å². The van der Waals surface area contributed by atoms with Crippen molar-refractivity contribution in [3.8, 4) is 0 Å². The molecular formula is C18H22NO3S. The van der Waals surface area contributed by atoms with E-state index in [1.54, 1.807) is 19.1 Å². The van der Waals surface area contributed by atoms with Crippen molar-refractivity contribution in [1.82, 2.24) is 0 Å². The zero-order chi connectivity index (χ0) is 16.7. The molecule has 5 heteroatoms. The second-order valence-corrected chi connectivity index (χ2v) is 7.03. The van der Waals surface area contributed by atoms with Crippen LogP contribution in [0.2, 0.25) is 0 Å². The molecule has 0 N–H and O–H groups in total. The van der Waals surface area contributed by atoms with E-state index in [2.05, 4.69) is 35.2 Å². The van der Waals surface area contributed by atoms with Crippen LogP contribution < -0.4 is 4.90 Å². The van der Waals surface area contributed by atoms with Crippen LogP contribution in [0.5, 0.6) is 0 Å². The van der Waals surface area contributed by atoms with Gasteiger partial charge in [-0.05, 0) is 56.0 Å². The van der Waals surface area contributed by atoms with E-state index in [0.29, 0.717) is 0 Å². The highest BCUT2D eigenvalue weighted by molar-refractivity contribution is 7.85. The van der Waals surface area contributed by atoms with Crippen molar-refractivity contribution in [2.24, 2.45) is 0 Å². The zero-order valence-electron chi connectivity index (χ0n) is 13.3. The molecular weight excluding hydrogens is 310 g/mol. The standard InChI is InChI=1S/C11H15N.C7H7O3S/c1-3-7-11(8-4-1)12-9-5-2-6-10-12;1-6-3-2-4-7(5-6)11(8,9)10/h1,3-4,7-8H,2,5-6,9-10H2;2-5H,1H3. The fourth-order valence-electron chi connectivity index (χ4n) is 2.56. The van der Waals surface area contributed by atoms with Crippen molar-refractivity contribution < 1.29 is 13.0 Å². The Balaban J connectivity index is 0.000000168. The summed E-state index contributed by atoms with van der Waals surface area (Å²) in [6.45, 7) is 4.21. The lowest BCUT2D eigenvalue weighted by Crippen LogP contribution is -2.29. The SMILES string of the molecule is Cc1cccc(S([O])(=O)=O)c1.c1ccc(N2CCCCC2)cc1. The molecule has 23 heavy (non-hydrogen) atoms. The number of aryl methyl sites for hydroxylation is 1. The summed E-state index contributed by atoms with van der Waals surface area (Å²) in [6, 6.07) is 16.6. The highest BCUT2D eigenvalue weighted by atomic mass is 32.2. The molecule has 1 saturated heterocycles. The minimum absolute atomic E-state index is 0.169. The van der Waals surface area contributed by atoms with Gasteiger partial charge >= 0.3 is 10.1 Å². The minimum atomic E-state index is -4.28. The predicted molar refractivity (Wildman–Crippen MR) is 91.6 cm³/mol. The molecule has 123 valence electrons. The number of para-hydroxylation sites is 1. The van der Waals surface area contributed by atoms with Crippen LogP contribution in [0.3, 0.4) is 0 Å². The largest absolute Gasteiger partial charge is 0.372 e. The summed E-state index contributed by atoms with van der Waals surface area (Å²) >= 11 is 0. The number of benzene rings is 2. The number of hydrogen-bond acceptors (Lipinski definition) is 3. The van der Waals surface area contributed by atoms with Crippen LogP contribution in [0.15, 0.2) is 59.5 Å². The van der Waals surface area contributed by atoms with E-state index < -0.39 is 10.1 Å². The molecule has 1 aliphatic heterocycles. The summed E-state index contributed by atoms with van der Waals surface area (Å²) in [5, 5.41) is 0. The van der Waals surface area contributed by atoms with Gasteiger partial charge in [0, 0.05) is 18.8 Å². The molecule has 0 aliphatic carbocycles. The monoisotopic (exact) mass is 332 g/mol. The molecule has 1 heterocycles. The number of hydrogen-bond donors (Lipinski definition) is 0. The lowest BCUT2D eigenvalue weighted by atomic mass is 10.1. The molecule has 4 nitrogen and oxygen atoms in total. The van der Waals surface area contributed by atoms with E-state index in [-0.39, 0.29) is 4.90 Å². The van der Waals surface area contributed by atoms with Gasteiger partial charge in [0.25, 0.3) is 0 Å². The summed E-state index contributed by atoms with van der Waals surface area (Å²) in [5.74, 6) is 0. The summed E-state index contributed by atoms with van der Waals surface area (Å²) < 4.78 is 31.3. The van der Waals surface area contributed by atoms with E-state index in [9.17, 15) is 13.0 Å². The Kier molecular flexibility index (Phi) is 6.19. The first-order valence-electron chi connectivity index (χ1n) is 7.79. The Labute approximate surface area is 138 Å². The quantitative estimate of drug-likeness (QED) is 0.840. The van der Waals surface area contributed by atoms with Gasteiger partial charge in [-0.2, -0.15) is 8.42 Å². The second kappa shape index (κ2) is 8.13. The number of rotatable bonds is 2. The highest BCUT2D eigenvalue weighted by Crippen LogP contribution is 2.18. The highest BCUT2D eigenvalue weighted by Gasteiger charge is 2.10. The maximum absolute atomic E-state index is 10.4. The van der Waals surface area contributed by atoms with Crippen molar-refractivity contribution in [2.75, 3.05) is 18.0 Å². The van der Waals surface area contributed by atoms with Crippen molar-refractivity contribution in [3.05, 3.63) is 60.2 Å². The molecule has 1 fully saturated rings. The van der Waals surface area contributed by atoms with Crippen molar-refractivity contribution in [2.45, 2.75) is 31.1 Å². The third kappa shape index (κ3) is 5.69. The lowest BCUT2D eigenvalue weighted by Gasteiger charge is -2.28. The normalized spacial score (nSPS) is 14.8. The Morgan fingerprint density at radius 3 is 2.04 bits per heavy atom. The average molecular weight is 332 g/mol. The van der Waals surface area contributed by atoms with E-state index in [1.165, 1.54) is 50.2 Å². The maximum Gasteiger partial charge on any atom is 0.324 e. The van der Waals surface area contributed by atoms with Crippen molar-refractivity contribution >= 4 is 15.8 Å². The van der Waals surface area contributed by atoms with Gasteiger partial charge < -0.3 is 4.90 Å². The van der Waals surface area contributed by atoms with E-state index in [1.807, 2.05) is 0 Å². The fraction of sp³-hybridized carbons (Fsp3) is 0.333. The number of nitrogens with zero attached hydrogens (tertiary/aromatic N) is 1. The Hall–Kier alpha value is -1.85. The zero-order valence-corrected chi connectivity index (χ0v) is 14.1. The first-order valence-corrected chi connectivity index (χ1v) is 9.20. The van der Waals surface area contributed by atoms with Gasteiger partial charge in [0.15, 0.2) is 0 Å². The molecule has 0 bridgehead atoms. The molecule has 0 unspecified atom stereocenters. The van der Waals surface area contributed by atoms with Crippen LogP contribution in [0.4, 0.5) is 5.69 Å². The molecule has 0 atom stereocenters. The summed E-state index contributed by atoms with van der Waals surface area (Å²) in [5.41, 5.74) is 2.15. The first-order chi connectivity index (χ1) is 11.0. The van der Waals surface area contributed by atoms with Gasteiger partial charge in [0.05, 0.1) is 4.90 Å². The van der Waals surface area contributed by atoms with Crippen LogP contribution in [0.1, 0.15) is 24.8 Å². The maximum atomic E-state index is 10.4. The average Bonchev–Trinajstić information content (AvgIpc) is 2.56. The van der Waals surface area contributed by atoms with Crippen LogP contribution in [-0.4, -0.2) is 21.5 Å².